The highest BCUT2D eigenvalue weighted by molar-refractivity contribution is 5.83. The van der Waals surface area contributed by atoms with Crippen molar-refractivity contribution in [3.63, 3.8) is 0 Å². The first-order chi connectivity index (χ1) is 5.74. The van der Waals surface area contributed by atoms with Crippen molar-refractivity contribution in [3.8, 4) is 0 Å². The summed E-state index contributed by atoms with van der Waals surface area (Å²) >= 11 is 0. The van der Waals surface area contributed by atoms with Crippen molar-refractivity contribution in [2.24, 2.45) is 11.7 Å². The normalized spacial score (nSPS) is 39.2. The summed E-state index contributed by atoms with van der Waals surface area (Å²) in [4.78, 5) is 13.1. The zero-order valence-electron chi connectivity index (χ0n) is 6.87. The number of alkyl halides is 1. The predicted octanol–water partition coefficient (Wildman–Crippen LogP) is -0.0960. The van der Waals surface area contributed by atoms with E-state index in [-0.39, 0.29) is 17.9 Å². The Hall–Kier alpha value is -0.640. The van der Waals surface area contributed by atoms with E-state index in [0.717, 1.165) is 13.0 Å². The van der Waals surface area contributed by atoms with Crippen LogP contribution in [0.4, 0.5) is 4.39 Å². The number of rotatable bonds is 2. The third kappa shape index (κ3) is 1.10. The molecular formula is C8H13FN2O. The molecule has 2 aliphatic rings. The predicted molar refractivity (Wildman–Crippen MR) is 42.2 cm³/mol. The lowest BCUT2D eigenvalue weighted by molar-refractivity contribution is -0.140. The second kappa shape index (κ2) is 2.69. The van der Waals surface area contributed by atoms with Crippen molar-refractivity contribution in [1.82, 2.24) is 4.90 Å². The van der Waals surface area contributed by atoms with Gasteiger partial charge < -0.3 is 10.6 Å². The summed E-state index contributed by atoms with van der Waals surface area (Å²) < 4.78 is 12.5. The van der Waals surface area contributed by atoms with Crippen LogP contribution in [-0.4, -0.2) is 36.1 Å². The summed E-state index contributed by atoms with van der Waals surface area (Å²) in [6.07, 6.45) is 0.523. The fourth-order valence-electron chi connectivity index (χ4n) is 1.61. The highest BCUT2D eigenvalue weighted by Crippen LogP contribution is 2.37. The van der Waals surface area contributed by atoms with Gasteiger partial charge in [0, 0.05) is 19.1 Å². The molecule has 3 atom stereocenters. The highest BCUT2D eigenvalue weighted by atomic mass is 19.1. The fraction of sp³-hybridized carbons (Fsp3) is 0.875. The van der Waals surface area contributed by atoms with E-state index in [1.807, 2.05) is 0 Å². The van der Waals surface area contributed by atoms with E-state index in [0.29, 0.717) is 13.0 Å². The number of halogens is 1. The summed E-state index contributed by atoms with van der Waals surface area (Å²) in [5.74, 6) is -0.358. The Morgan fingerprint density at radius 2 is 2.33 bits per heavy atom. The maximum Gasteiger partial charge on any atom is 0.229 e. The van der Waals surface area contributed by atoms with Crippen molar-refractivity contribution in [2.45, 2.75) is 25.1 Å². The van der Waals surface area contributed by atoms with Gasteiger partial charge in [-0.25, -0.2) is 4.39 Å². The summed E-state index contributed by atoms with van der Waals surface area (Å²) in [5, 5.41) is 0. The first-order valence-corrected chi connectivity index (χ1v) is 4.38. The Bertz CT molecular complexity index is 207. The molecular weight excluding hydrogens is 159 g/mol. The van der Waals surface area contributed by atoms with Crippen LogP contribution in [0.25, 0.3) is 0 Å². The molecule has 1 aliphatic heterocycles. The molecule has 68 valence electrons. The van der Waals surface area contributed by atoms with Gasteiger partial charge in [0.25, 0.3) is 0 Å². The molecule has 0 bridgehead atoms. The molecule has 0 aromatic heterocycles. The van der Waals surface area contributed by atoms with Gasteiger partial charge >= 0.3 is 0 Å². The van der Waals surface area contributed by atoms with Gasteiger partial charge in [0.2, 0.25) is 5.91 Å². The summed E-state index contributed by atoms with van der Waals surface area (Å²) in [6, 6.07) is 0.185. The van der Waals surface area contributed by atoms with E-state index in [2.05, 4.69) is 0 Å². The first kappa shape index (κ1) is 7.98. The van der Waals surface area contributed by atoms with Gasteiger partial charge in [-0.05, 0) is 12.8 Å². The lowest BCUT2D eigenvalue weighted by Gasteiger charge is -2.40. The van der Waals surface area contributed by atoms with Gasteiger partial charge in [-0.3, -0.25) is 4.79 Å². The van der Waals surface area contributed by atoms with Gasteiger partial charge in [-0.2, -0.15) is 0 Å². The molecule has 0 radical (unpaired) electrons. The van der Waals surface area contributed by atoms with Crippen LogP contribution in [0, 0.1) is 5.92 Å². The van der Waals surface area contributed by atoms with Gasteiger partial charge in [0.15, 0.2) is 0 Å². The Balaban J connectivity index is 1.88. The topological polar surface area (TPSA) is 46.3 Å². The number of nitrogens with zero attached hydrogens (tertiary/aromatic N) is 1. The smallest absolute Gasteiger partial charge is 0.229 e. The van der Waals surface area contributed by atoms with Crippen LogP contribution in [-0.2, 0) is 4.79 Å². The molecule has 1 unspecified atom stereocenters. The Kier molecular flexibility index (Phi) is 1.79. The molecule has 2 fully saturated rings. The third-order valence-corrected chi connectivity index (χ3v) is 2.73. The van der Waals surface area contributed by atoms with Crippen LogP contribution in [0.5, 0.6) is 0 Å². The zero-order chi connectivity index (χ0) is 8.72. The molecule has 2 rings (SSSR count). The van der Waals surface area contributed by atoms with Crippen LogP contribution in [0.3, 0.4) is 0 Å². The van der Waals surface area contributed by atoms with Gasteiger partial charge in [0.1, 0.15) is 6.17 Å². The number of carbonyl (C=O) groups is 1. The third-order valence-electron chi connectivity index (χ3n) is 2.73. The van der Waals surface area contributed by atoms with Crippen molar-refractivity contribution < 1.29 is 9.18 Å². The van der Waals surface area contributed by atoms with Crippen LogP contribution in [0.1, 0.15) is 12.8 Å². The van der Waals surface area contributed by atoms with Gasteiger partial charge in [-0.15, -0.1) is 0 Å². The minimum Gasteiger partial charge on any atom is -0.338 e. The average Bonchev–Trinajstić information content (AvgIpc) is 2.65. The number of likely N-dealkylation sites (tertiary alicyclic amines) is 1. The highest BCUT2D eigenvalue weighted by Gasteiger charge is 2.48. The van der Waals surface area contributed by atoms with Gasteiger partial charge in [0.05, 0.1) is 5.92 Å². The number of amides is 1. The minimum absolute atomic E-state index is 0.0239. The van der Waals surface area contributed by atoms with E-state index in [1.54, 1.807) is 4.90 Å². The molecule has 0 aromatic carbocycles. The number of nitrogens with two attached hydrogens (primary N) is 1. The monoisotopic (exact) mass is 172 g/mol. The fourth-order valence-corrected chi connectivity index (χ4v) is 1.61. The summed E-state index contributed by atoms with van der Waals surface area (Å²) in [5.41, 5.74) is 5.43. The maximum absolute atomic E-state index is 12.5. The molecule has 12 heavy (non-hydrogen) atoms. The molecule has 0 aromatic rings. The van der Waals surface area contributed by atoms with Crippen molar-refractivity contribution in [2.75, 3.05) is 13.1 Å². The molecule has 3 nitrogen and oxygen atoms in total. The Morgan fingerprint density at radius 3 is 2.67 bits per heavy atom. The summed E-state index contributed by atoms with van der Waals surface area (Å²) in [6.45, 7) is 1.28. The molecule has 2 N–H and O–H groups in total. The first-order valence-electron chi connectivity index (χ1n) is 4.38. The molecule has 4 heteroatoms. The lowest BCUT2D eigenvalue weighted by Crippen LogP contribution is -2.55. The largest absolute Gasteiger partial charge is 0.338 e. The van der Waals surface area contributed by atoms with Crippen LogP contribution >= 0.6 is 0 Å². The molecule has 1 aliphatic carbocycles. The summed E-state index contributed by atoms with van der Waals surface area (Å²) in [7, 11) is 0. The van der Waals surface area contributed by atoms with Crippen molar-refractivity contribution in [1.29, 1.82) is 0 Å². The number of hydrogen-bond donors (Lipinski definition) is 1. The quantitative estimate of drug-likeness (QED) is 0.632. The standard InChI is InChI=1S/C8H13FN2O/c9-7-3-6(7)8(12)11-2-1-5(11)4-10/h5-7H,1-4,10H2/t5-,6+,7?/m0/s1. The van der Waals surface area contributed by atoms with Crippen LogP contribution in [0.2, 0.25) is 0 Å². The lowest BCUT2D eigenvalue weighted by atomic mass is 10.0. The van der Waals surface area contributed by atoms with E-state index >= 15 is 0 Å². The van der Waals surface area contributed by atoms with Crippen molar-refractivity contribution >= 4 is 5.91 Å². The van der Waals surface area contributed by atoms with Gasteiger partial charge in [-0.1, -0.05) is 0 Å². The van der Waals surface area contributed by atoms with E-state index in [1.165, 1.54) is 0 Å². The molecule has 1 heterocycles. The van der Waals surface area contributed by atoms with Crippen molar-refractivity contribution in [3.05, 3.63) is 0 Å². The second-order valence-corrected chi connectivity index (χ2v) is 3.57. The molecule has 1 saturated carbocycles. The Labute approximate surface area is 70.7 Å². The Morgan fingerprint density at radius 1 is 1.67 bits per heavy atom. The average molecular weight is 172 g/mol. The maximum atomic E-state index is 12.5. The second-order valence-electron chi connectivity index (χ2n) is 3.57. The number of carbonyl (C=O) groups excluding carboxylic acids is 1. The molecule has 1 amide bonds. The van der Waals surface area contributed by atoms with E-state index in [4.69, 9.17) is 5.73 Å². The zero-order valence-corrected chi connectivity index (χ0v) is 6.87. The van der Waals surface area contributed by atoms with Crippen LogP contribution in [0.15, 0.2) is 0 Å². The molecule has 0 spiro atoms. The number of hydrogen-bond acceptors (Lipinski definition) is 2. The SMILES string of the molecule is NC[C@@H]1CCN1C(=O)[C@@H]1CC1F. The van der Waals surface area contributed by atoms with Crippen LogP contribution < -0.4 is 5.73 Å². The molecule has 1 saturated heterocycles. The minimum atomic E-state index is -0.878. The van der Waals surface area contributed by atoms with E-state index in [9.17, 15) is 9.18 Å². The van der Waals surface area contributed by atoms with E-state index < -0.39 is 6.17 Å².